The summed E-state index contributed by atoms with van der Waals surface area (Å²) in [4.78, 5) is 4.32. The van der Waals surface area contributed by atoms with E-state index in [1.807, 2.05) is 0 Å². The molecule has 2 aromatic rings. The van der Waals surface area contributed by atoms with Gasteiger partial charge in [-0.1, -0.05) is 24.4 Å². The van der Waals surface area contributed by atoms with Gasteiger partial charge in [0.2, 0.25) is 0 Å². The molecular formula is C15H14ClF2N. The van der Waals surface area contributed by atoms with Gasteiger partial charge in [0.1, 0.15) is 17.2 Å². The minimum absolute atomic E-state index is 0.0532. The lowest BCUT2D eigenvalue weighted by atomic mass is 10.0. The minimum atomic E-state index is -0.504. The topological polar surface area (TPSA) is 12.9 Å². The van der Waals surface area contributed by atoms with Crippen LogP contribution in [0.5, 0.6) is 0 Å². The lowest BCUT2D eigenvalue weighted by molar-refractivity contribution is 0.606. The Labute approximate surface area is 115 Å². The van der Waals surface area contributed by atoms with E-state index in [1.165, 1.54) is 13.0 Å². The Balaban J connectivity index is 2.25. The number of benzene rings is 1. The molecule has 0 amide bonds. The van der Waals surface area contributed by atoms with Crippen LogP contribution in [-0.2, 0) is 0 Å². The van der Waals surface area contributed by atoms with Crippen LogP contribution in [0.4, 0.5) is 8.78 Å². The monoisotopic (exact) mass is 281 g/mol. The summed E-state index contributed by atoms with van der Waals surface area (Å²) in [6.07, 6.45) is 4.41. The highest BCUT2D eigenvalue weighted by molar-refractivity contribution is 6.35. The molecule has 1 saturated carbocycles. The highest BCUT2D eigenvalue weighted by Gasteiger charge is 2.22. The van der Waals surface area contributed by atoms with Gasteiger partial charge in [-0.15, -0.1) is 0 Å². The lowest BCUT2D eigenvalue weighted by Gasteiger charge is -2.12. The fourth-order valence-corrected chi connectivity index (χ4v) is 3.15. The molecule has 1 aromatic carbocycles. The van der Waals surface area contributed by atoms with Gasteiger partial charge in [-0.2, -0.15) is 0 Å². The van der Waals surface area contributed by atoms with Crippen molar-refractivity contribution in [1.82, 2.24) is 4.98 Å². The van der Waals surface area contributed by atoms with E-state index in [0.29, 0.717) is 5.92 Å². The molecule has 3 rings (SSSR count). The predicted molar refractivity (Wildman–Crippen MR) is 72.6 cm³/mol. The van der Waals surface area contributed by atoms with Gasteiger partial charge >= 0.3 is 0 Å². The normalized spacial score (nSPS) is 16.4. The van der Waals surface area contributed by atoms with Crippen molar-refractivity contribution < 1.29 is 8.78 Å². The first kappa shape index (κ1) is 12.8. The number of pyridine rings is 1. The summed E-state index contributed by atoms with van der Waals surface area (Å²) in [6.45, 7) is 1.53. The summed E-state index contributed by atoms with van der Waals surface area (Å²) >= 11 is 6.14. The zero-order valence-electron chi connectivity index (χ0n) is 10.6. The average Bonchev–Trinajstić information content (AvgIpc) is 2.89. The van der Waals surface area contributed by atoms with Gasteiger partial charge in [0.05, 0.1) is 10.4 Å². The van der Waals surface area contributed by atoms with E-state index in [9.17, 15) is 8.78 Å². The summed E-state index contributed by atoms with van der Waals surface area (Å²) < 4.78 is 28.0. The van der Waals surface area contributed by atoms with Crippen molar-refractivity contribution in [2.75, 3.05) is 0 Å². The number of nitrogens with zero attached hydrogens (tertiary/aromatic N) is 1. The molecule has 1 nitrogen and oxygen atoms in total. The summed E-state index contributed by atoms with van der Waals surface area (Å²) in [6, 6.07) is 2.88. The summed E-state index contributed by atoms with van der Waals surface area (Å²) in [5.74, 6) is -0.659. The molecule has 1 heterocycles. The van der Waals surface area contributed by atoms with Crippen molar-refractivity contribution in [3.05, 3.63) is 40.0 Å². The maximum absolute atomic E-state index is 14.1. The van der Waals surface area contributed by atoms with Crippen LogP contribution in [0.3, 0.4) is 0 Å². The Morgan fingerprint density at radius 3 is 2.58 bits per heavy atom. The second-order valence-corrected chi connectivity index (χ2v) is 5.63. The third-order valence-electron chi connectivity index (χ3n) is 3.90. The molecule has 0 aliphatic heterocycles. The molecule has 4 heteroatoms. The largest absolute Gasteiger partial charge is 0.249 e. The molecule has 1 aliphatic carbocycles. The highest BCUT2D eigenvalue weighted by atomic mass is 35.5. The van der Waals surface area contributed by atoms with E-state index in [0.717, 1.165) is 31.4 Å². The number of hydrogen-bond acceptors (Lipinski definition) is 1. The second-order valence-electron chi connectivity index (χ2n) is 5.22. The molecule has 0 saturated heterocycles. The van der Waals surface area contributed by atoms with Crippen LogP contribution >= 0.6 is 11.6 Å². The van der Waals surface area contributed by atoms with Crippen LogP contribution in [0.25, 0.3) is 10.9 Å². The molecule has 0 spiro atoms. The van der Waals surface area contributed by atoms with Crippen molar-refractivity contribution in [3.8, 4) is 0 Å². The first-order valence-corrected chi connectivity index (χ1v) is 6.90. The summed E-state index contributed by atoms with van der Waals surface area (Å²) in [7, 11) is 0. The third kappa shape index (κ3) is 2.10. The third-order valence-corrected chi connectivity index (χ3v) is 4.20. The quantitative estimate of drug-likeness (QED) is 0.706. The fourth-order valence-electron chi connectivity index (χ4n) is 2.86. The van der Waals surface area contributed by atoms with Gasteiger partial charge in [0.15, 0.2) is 0 Å². The fraction of sp³-hybridized carbons (Fsp3) is 0.400. The van der Waals surface area contributed by atoms with Crippen LogP contribution < -0.4 is 0 Å². The maximum atomic E-state index is 14.1. The summed E-state index contributed by atoms with van der Waals surface area (Å²) in [5, 5.41) is 0.355. The van der Waals surface area contributed by atoms with Crippen molar-refractivity contribution in [3.63, 3.8) is 0 Å². The van der Waals surface area contributed by atoms with Gasteiger partial charge in [-0.3, -0.25) is 0 Å². The zero-order chi connectivity index (χ0) is 13.6. The molecule has 0 atom stereocenters. The van der Waals surface area contributed by atoms with Crippen LogP contribution in [0.2, 0.25) is 5.02 Å². The van der Waals surface area contributed by atoms with E-state index in [-0.39, 0.29) is 21.5 Å². The second kappa shape index (κ2) is 4.71. The number of hydrogen-bond donors (Lipinski definition) is 0. The Morgan fingerprint density at radius 2 is 1.89 bits per heavy atom. The standard InChI is InChI=1S/C15H14ClF2N/c1-8-6-11(17)15-13(14(8)18)10(16)7-12(19-15)9-4-2-3-5-9/h6-7,9H,2-5H2,1H3. The van der Waals surface area contributed by atoms with Crippen molar-refractivity contribution in [2.24, 2.45) is 0 Å². The highest BCUT2D eigenvalue weighted by Crippen LogP contribution is 2.37. The molecule has 1 aliphatic rings. The molecule has 0 N–H and O–H groups in total. The van der Waals surface area contributed by atoms with E-state index in [4.69, 9.17) is 11.6 Å². The van der Waals surface area contributed by atoms with Gasteiger partial charge in [-0.05, 0) is 37.5 Å². The maximum Gasteiger partial charge on any atom is 0.149 e. The van der Waals surface area contributed by atoms with Gasteiger partial charge in [-0.25, -0.2) is 13.8 Å². The lowest BCUT2D eigenvalue weighted by Crippen LogP contribution is -2.00. The van der Waals surface area contributed by atoms with Gasteiger partial charge in [0.25, 0.3) is 0 Å². The average molecular weight is 282 g/mol. The van der Waals surface area contributed by atoms with Crippen molar-refractivity contribution in [2.45, 2.75) is 38.5 Å². The Bertz CT molecular complexity index is 648. The molecule has 0 unspecified atom stereocenters. The van der Waals surface area contributed by atoms with Crippen LogP contribution in [0.1, 0.15) is 42.9 Å². The van der Waals surface area contributed by atoms with Crippen molar-refractivity contribution in [1.29, 1.82) is 0 Å². The summed E-state index contributed by atoms with van der Waals surface area (Å²) in [5.41, 5.74) is 1.09. The predicted octanol–water partition coefficient (Wildman–Crippen LogP) is 5.13. The molecule has 1 aromatic heterocycles. The van der Waals surface area contributed by atoms with E-state index >= 15 is 0 Å². The first-order valence-electron chi connectivity index (χ1n) is 6.52. The number of rotatable bonds is 1. The van der Waals surface area contributed by atoms with Crippen LogP contribution in [0, 0.1) is 18.6 Å². The Kier molecular flexibility index (Phi) is 3.17. The number of aryl methyl sites for hydroxylation is 1. The molecule has 0 bridgehead atoms. The van der Waals surface area contributed by atoms with E-state index < -0.39 is 11.6 Å². The van der Waals surface area contributed by atoms with Gasteiger partial charge in [0, 0.05) is 11.6 Å². The zero-order valence-corrected chi connectivity index (χ0v) is 11.4. The first-order chi connectivity index (χ1) is 9.08. The molecule has 0 radical (unpaired) electrons. The molecule has 1 fully saturated rings. The van der Waals surface area contributed by atoms with Gasteiger partial charge < -0.3 is 0 Å². The smallest absolute Gasteiger partial charge is 0.149 e. The van der Waals surface area contributed by atoms with Crippen molar-refractivity contribution >= 4 is 22.5 Å². The molecule has 100 valence electrons. The number of halogens is 3. The van der Waals surface area contributed by atoms with Crippen LogP contribution in [0.15, 0.2) is 12.1 Å². The SMILES string of the molecule is Cc1cc(F)c2nc(C3CCCC3)cc(Cl)c2c1F. The molecule has 19 heavy (non-hydrogen) atoms. The van der Waals surface area contributed by atoms with E-state index in [2.05, 4.69) is 4.98 Å². The van der Waals surface area contributed by atoms with Crippen LogP contribution in [-0.4, -0.2) is 4.98 Å². The molecular weight excluding hydrogens is 268 g/mol. The van der Waals surface area contributed by atoms with E-state index in [1.54, 1.807) is 6.07 Å². The minimum Gasteiger partial charge on any atom is -0.249 e. The Morgan fingerprint density at radius 1 is 1.21 bits per heavy atom. The number of fused-ring (bicyclic) bond motifs is 1. The number of aromatic nitrogens is 1. The Hall–Kier alpha value is -1.22.